The SMILES string of the molecule is COc1cc(-n2nnc3c2CCCCN3Cc2cc(-c3cccc(Cl)c3)on2)nc(OC)n1. The molecular weight excluding hydrogens is 446 g/mol. The van der Waals surface area contributed by atoms with Crippen molar-refractivity contribution in [2.24, 2.45) is 0 Å². The molecule has 0 unspecified atom stereocenters. The Bertz CT molecular complexity index is 1250. The number of nitrogens with zero attached hydrogens (tertiary/aromatic N) is 7. The van der Waals surface area contributed by atoms with Crippen LogP contribution in [0.2, 0.25) is 5.02 Å². The van der Waals surface area contributed by atoms with Crippen LogP contribution in [0.4, 0.5) is 5.82 Å². The number of methoxy groups -OCH3 is 2. The Balaban J connectivity index is 1.44. The minimum atomic E-state index is 0.204. The predicted octanol–water partition coefficient (Wildman–Crippen LogP) is 3.73. The van der Waals surface area contributed by atoms with Crippen molar-refractivity contribution in [1.82, 2.24) is 30.1 Å². The number of anilines is 1. The molecule has 33 heavy (non-hydrogen) atoms. The summed E-state index contributed by atoms with van der Waals surface area (Å²) in [4.78, 5) is 10.8. The molecule has 4 heterocycles. The van der Waals surface area contributed by atoms with Crippen LogP contribution in [0.25, 0.3) is 17.1 Å². The Morgan fingerprint density at radius 3 is 2.82 bits per heavy atom. The Morgan fingerprint density at radius 1 is 1.09 bits per heavy atom. The van der Waals surface area contributed by atoms with E-state index in [-0.39, 0.29) is 6.01 Å². The average Bonchev–Trinajstić information content (AvgIpc) is 3.43. The van der Waals surface area contributed by atoms with Gasteiger partial charge in [0.25, 0.3) is 0 Å². The monoisotopic (exact) mass is 467 g/mol. The molecule has 1 aromatic carbocycles. The number of hydrogen-bond donors (Lipinski definition) is 0. The van der Waals surface area contributed by atoms with E-state index in [1.165, 1.54) is 7.11 Å². The van der Waals surface area contributed by atoms with E-state index in [0.717, 1.165) is 48.6 Å². The highest BCUT2D eigenvalue weighted by Gasteiger charge is 2.25. The van der Waals surface area contributed by atoms with Crippen LogP contribution in [-0.2, 0) is 13.0 Å². The van der Waals surface area contributed by atoms with E-state index >= 15 is 0 Å². The van der Waals surface area contributed by atoms with Gasteiger partial charge in [0.05, 0.1) is 26.5 Å². The molecule has 0 spiro atoms. The Morgan fingerprint density at radius 2 is 2.00 bits per heavy atom. The standard InChI is InChI=1S/C22H22ClN7O3/c1-31-20-12-19(24-22(25-20)32-2)30-17-8-3-4-9-29(21(17)26-28-30)13-16-11-18(33-27-16)14-6-5-7-15(23)10-14/h5-7,10-12H,3-4,8-9,13H2,1-2H3. The second-order valence-corrected chi connectivity index (χ2v) is 8.03. The smallest absolute Gasteiger partial charge is 0.321 e. The van der Waals surface area contributed by atoms with Crippen LogP contribution in [0.1, 0.15) is 24.2 Å². The van der Waals surface area contributed by atoms with Crippen LogP contribution in [0.15, 0.2) is 40.9 Å². The Kier molecular flexibility index (Phi) is 5.82. The largest absolute Gasteiger partial charge is 0.481 e. The van der Waals surface area contributed by atoms with E-state index in [1.54, 1.807) is 17.9 Å². The molecule has 0 amide bonds. The van der Waals surface area contributed by atoms with Crippen LogP contribution in [-0.4, -0.2) is 50.9 Å². The molecule has 0 saturated heterocycles. The van der Waals surface area contributed by atoms with E-state index in [0.29, 0.717) is 29.0 Å². The highest BCUT2D eigenvalue weighted by molar-refractivity contribution is 6.30. The van der Waals surface area contributed by atoms with Crippen LogP contribution < -0.4 is 14.4 Å². The molecule has 0 atom stereocenters. The van der Waals surface area contributed by atoms with Gasteiger partial charge in [-0.3, -0.25) is 0 Å². The first kappa shape index (κ1) is 21.2. The summed E-state index contributed by atoms with van der Waals surface area (Å²) in [6, 6.07) is 11.4. The Labute approximate surface area is 195 Å². The average molecular weight is 468 g/mol. The molecule has 10 nitrogen and oxygen atoms in total. The van der Waals surface area contributed by atoms with E-state index in [4.69, 9.17) is 25.6 Å². The summed E-state index contributed by atoms with van der Waals surface area (Å²) in [6.45, 7) is 1.38. The number of fused-ring (bicyclic) bond motifs is 1. The lowest BCUT2D eigenvalue weighted by atomic mass is 10.1. The molecule has 0 bridgehead atoms. The van der Waals surface area contributed by atoms with Gasteiger partial charge in [-0.15, -0.1) is 5.10 Å². The van der Waals surface area contributed by atoms with Gasteiger partial charge in [-0.1, -0.05) is 34.1 Å². The summed E-state index contributed by atoms with van der Waals surface area (Å²) in [7, 11) is 3.06. The predicted molar refractivity (Wildman–Crippen MR) is 121 cm³/mol. The minimum Gasteiger partial charge on any atom is -0.481 e. The first-order chi connectivity index (χ1) is 16.1. The van der Waals surface area contributed by atoms with Crippen molar-refractivity contribution in [3.05, 3.63) is 52.8 Å². The van der Waals surface area contributed by atoms with Crippen LogP contribution in [0.5, 0.6) is 11.9 Å². The first-order valence-electron chi connectivity index (χ1n) is 10.5. The molecule has 4 aromatic rings. The fourth-order valence-electron chi connectivity index (χ4n) is 3.85. The molecular formula is C22H22ClN7O3. The zero-order valence-electron chi connectivity index (χ0n) is 18.2. The summed E-state index contributed by atoms with van der Waals surface area (Å²) in [5.74, 6) is 2.41. The van der Waals surface area contributed by atoms with E-state index in [2.05, 4.69) is 30.3 Å². The van der Waals surface area contributed by atoms with Crippen molar-refractivity contribution in [3.63, 3.8) is 0 Å². The van der Waals surface area contributed by atoms with Crippen molar-refractivity contribution in [3.8, 4) is 29.0 Å². The third-order valence-electron chi connectivity index (χ3n) is 5.43. The van der Waals surface area contributed by atoms with Crippen LogP contribution >= 0.6 is 11.6 Å². The highest BCUT2D eigenvalue weighted by atomic mass is 35.5. The quantitative estimate of drug-likeness (QED) is 0.419. The molecule has 0 aliphatic carbocycles. The number of rotatable bonds is 6. The molecule has 0 saturated carbocycles. The molecule has 0 fully saturated rings. The van der Waals surface area contributed by atoms with Gasteiger partial charge in [-0.25, -0.2) is 0 Å². The van der Waals surface area contributed by atoms with E-state index in [1.807, 2.05) is 30.3 Å². The molecule has 11 heteroatoms. The second kappa shape index (κ2) is 9.07. The lowest BCUT2D eigenvalue weighted by Crippen LogP contribution is -2.24. The van der Waals surface area contributed by atoms with E-state index in [9.17, 15) is 0 Å². The molecule has 0 radical (unpaired) electrons. The maximum Gasteiger partial charge on any atom is 0.321 e. The maximum atomic E-state index is 6.11. The van der Waals surface area contributed by atoms with Gasteiger partial charge in [0.15, 0.2) is 17.4 Å². The van der Waals surface area contributed by atoms with Gasteiger partial charge in [0.2, 0.25) is 5.88 Å². The second-order valence-electron chi connectivity index (χ2n) is 7.60. The van der Waals surface area contributed by atoms with Crippen molar-refractivity contribution < 1.29 is 14.0 Å². The van der Waals surface area contributed by atoms with Gasteiger partial charge in [-0.2, -0.15) is 14.6 Å². The third kappa shape index (κ3) is 4.34. The number of ether oxygens (including phenoxy) is 2. The van der Waals surface area contributed by atoms with Gasteiger partial charge < -0.3 is 18.9 Å². The molecule has 1 aliphatic heterocycles. The first-order valence-corrected chi connectivity index (χ1v) is 10.9. The summed E-state index contributed by atoms with van der Waals surface area (Å²) in [6.07, 6.45) is 2.84. The van der Waals surface area contributed by atoms with Gasteiger partial charge in [0.1, 0.15) is 5.69 Å². The maximum absolute atomic E-state index is 6.11. The van der Waals surface area contributed by atoms with Crippen molar-refractivity contribution >= 4 is 17.4 Å². The molecule has 1 aliphatic rings. The summed E-state index contributed by atoms with van der Waals surface area (Å²) >= 11 is 6.11. The number of benzene rings is 1. The van der Waals surface area contributed by atoms with Gasteiger partial charge in [-0.05, 0) is 31.4 Å². The van der Waals surface area contributed by atoms with Gasteiger partial charge in [0, 0.05) is 29.3 Å². The van der Waals surface area contributed by atoms with Crippen molar-refractivity contribution in [2.45, 2.75) is 25.8 Å². The zero-order chi connectivity index (χ0) is 22.8. The highest BCUT2D eigenvalue weighted by Crippen LogP contribution is 2.29. The number of hydrogen-bond acceptors (Lipinski definition) is 9. The number of aromatic nitrogens is 6. The summed E-state index contributed by atoms with van der Waals surface area (Å²) in [5, 5.41) is 13.8. The van der Waals surface area contributed by atoms with E-state index < -0.39 is 0 Å². The van der Waals surface area contributed by atoms with Crippen LogP contribution in [0, 0.1) is 0 Å². The van der Waals surface area contributed by atoms with Gasteiger partial charge >= 0.3 is 6.01 Å². The lowest BCUT2D eigenvalue weighted by molar-refractivity contribution is 0.350. The fourth-order valence-corrected chi connectivity index (χ4v) is 4.04. The molecule has 0 N–H and O–H groups in total. The number of halogens is 1. The van der Waals surface area contributed by atoms with Crippen molar-refractivity contribution in [1.29, 1.82) is 0 Å². The molecule has 3 aromatic heterocycles. The molecule has 5 rings (SSSR count). The minimum absolute atomic E-state index is 0.204. The third-order valence-corrected chi connectivity index (χ3v) is 5.67. The Hall–Kier alpha value is -3.66. The van der Waals surface area contributed by atoms with Crippen LogP contribution in [0.3, 0.4) is 0 Å². The molecule has 170 valence electrons. The summed E-state index contributed by atoms with van der Waals surface area (Å²) < 4.78 is 17.8. The van der Waals surface area contributed by atoms with Crippen molar-refractivity contribution in [2.75, 3.05) is 25.7 Å². The summed E-state index contributed by atoms with van der Waals surface area (Å²) in [5.41, 5.74) is 2.65. The normalized spacial score (nSPS) is 13.5. The lowest BCUT2D eigenvalue weighted by Gasteiger charge is -2.19. The fraction of sp³-hybridized carbons (Fsp3) is 0.318. The zero-order valence-corrected chi connectivity index (χ0v) is 19.0. The topological polar surface area (TPSA) is 104 Å².